The van der Waals surface area contributed by atoms with E-state index in [1.807, 2.05) is 25.3 Å². The number of hydrogen-bond donors (Lipinski definition) is 3. The van der Waals surface area contributed by atoms with Gasteiger partial charge >= 0.3 is 6.03 Å². The van der Waals surface area contributed by atoms with Gasteiger partial charge in [0, 0.05) is 26.3 Å². The number of urea groups is 1. The van der Waals surface area contributed by atoms with Crippen LogP contribution in [0.5, 0.6) is 0 Å². The molecular formula is C17H24N6O3S2. The number of carbonyl (C=O) groups excluding carboxylic acids is 1. The fourth-order valence-electron chi connectivity index (χ4n) is 2.65. The van der Waals surface area contributed by atoms with Crippen LogP contribution in [0.3, 0.4) is 0 Å². The molecule has 1 unspecified atom stereocenters. The van der Waals surface area contributed by atoms with E-state index in [0.29, 0.717) is 22.5 Å². The van der Waals surface area contributed by atoms with Crippen LogP contribution in [0.2, 0.25) is 0 Å². The summed E-state index contributed by atoms with van der Waals surface area (Å²) in [5.74, 6) is 0. The van der Waals surface area contributed by atoms with E-state index in [1.165, 1.54) is 6.20 Å². The molecule has 0 bridgehead atoms. The molecule has 2 heterocycles. The highest BCUT2D eigenvalue weighted by Gasteiger charge is 2.23. The first kappa shape index (κ1) is 20.4. The van der Waals surface area contributed by atoms with Crippen molar-refractivity contribution in [1.29, 1.82) is 0 Å². The summed E-state index contributed by atoms with van der Waals surface area (Å²) in [5, 5.41) is 23.7. The summed E-state index contributed by atoms with van der Waals surface area (Å²) < 4.78 is 18.0. The van der Waals surface area contributed by atoms with Gasteiger partial charge in [0.25, 0.3) is 0 Å². The number of anilines is 1. The number of carbonyl (C=O) groups is 1. The zero-order chi connectivity index (χ0) is 20.7. The van der Waals surface area contributed by atoms with Gasteiger partial charge in [0.05, 0.1) is 16.2 Å². The molecule has 0 spiro atoms. The maximum Gasteiger partial charge on any atom is 0.355 e. The lowest BCUT2D eigenvalue weighted by Gasteiger charge is -2.13. The van der Waals surface area contributed by atoms with Gasteiger partial charge < -0.3 is 10.4 Å². The SMILES string of the molecule is CCc1ccc2cn(C)nc2c1NC(=O)N=S(N)(=O)c1ncc(C(C)(C)O)s1.[HH]. The third kappa shape index (κ3) is 4.07. The summed E-state index contributed by atoms with van der Waals surface area (Å²) in [6.45, 7) is 5.11. The molecule has 3 rings (SSSR count). The predicted molar refractivity (Wildman–Crippen MR) is 112 cm³/mol. The monoisotopic (exact) mass is 424 g/mol. The Morgan fingerprint density at radius 2 is 2.21 bits per heavy atom. The minimum absolute atomic E-state index is 0. The Kier molecular flexibility index (Phi) is 5.28. The zero-order valence-electron chi connectivity index (χ0n) is 16.0. The molecular weight excluding hydrogens is 400 g/mol. The first-order valence-electron chi connectivity index (χ1n) is 8.51. The number of thiazole rings is 1. The third-order valence-electron chi connectivity index (χ3n) is 4.05. The average Bonchev–Trinajstić information content (AvgIpc) is 3.20. The van der Waals surface area contributed by atoms with Gasteiger partial charge in [0.2, 0.25) is 4.34 Å². The standard InChI is InChI=1S/C17H22N6O3S2.H2/c1-5-10-6-7-11-9-23(4)21-14(11)13(10)20-15(24)22-28(18,26)16-19-8-12(27-16)17(2,3)25;/h6-9,25H,5H2,1-4H3,(H3,18,20,22,24,26);1H. The van der Waals surface area contributed by atoms with Crippen molar-refractivity contribution in [2.24, 2.45) is 16.5 Å². The van der Waals surface area contributed by atoms with Crippen LogP contribution in [0.1, 0.15) is 32.6 Å². The van der Waals surface area contributed by atoms with Crippen LogP contribution in [0.25, 0.3) is 10.9 Å². The summed E-state index contributed by atoms with van der Waals surface area (Å²) in [6.07, 6.45) is 3.88. The molecule has 1 atom stereocenters. The fourth-order valence-corrected chi connectivity index (χ4v) is 4.73. The van der Waals surface area contributed by atoms with Crippen LogP contribution in [0, 0.1) is 0 Å². The quantitative estimate of drug-likeness (QED) is 0.591. The summed E-state index contributed by atoms with van der Waals surface area (Å²) >= 11 is 0.958. The highest BCUT2D eigenvalue weighted by Crippen LogP contribution is 2.29. The molecule has 152 valence electrons. The number of nitrogens with two attached hydrogens (primary N) is 1. The Morgan fingerprint density at radius 3 is 2.82 bits per heavy atom. The predicted octanol–water partition coefficient (Wildman–Crippen LogP) is 3.00. The Morgan fingerprint density at radius 1 is 1.50 bits per heavy atom. The molecule has 0 saturated carbocycles. The molecule has 9 nitrogen and oxygen atoms in total. The number of hydrogen-bond acceptors (Lipinski definition) is 6. The third-order valence-corrected chi connectivity index (χ3v) is 7.16. The number of benzene rings is 1. The molecule has 0 aliphatic heterocycles. The molecule has 4 N–H and O–H groups in total. The summed E-state index contributed by atoms with van der Waals surface area (Å²) in [5.41, 5.74) is 0.850. The van der Waals surface area contributed by atoms with E-state index in [1.54, 1.807) is 25.6 Å². The lowest BCUT2D eigenvalue weighted by molar-refractivity contribution is 0.0823. The van der Waals surface area contributed by atoms with Crippen molar-refractivity contribution >= 4 is 43.9 Å². The molecule has 3 aromatic rings. The van der Waals surface area contributed by atoms with Crippen LogP contribution in [0.15, 0.2) is 33.2 Å². The second-order valence-corrected chi connectivity index (χ2v) is 9.83. The molecule has 0 fully saturated rings. The smallest absolute Gasteiger partial charge is 0.355 e. The minimum Gasteiger partial charge on any atom is -0.385 e. The lowest BCUT2D eigenvalue weighted by Crippen LogP contribution is -2.18. The molecule has 2 amide bonds. The number of aliphatic hydroxyl groups is 1. The van der Waals surface area contributed by atoms with E-state index in [0.717, 1.165) is 22.3 Å². The Balaban J connectivity index is 0.00000300. The molecule has 1 aromatic carbocycles. The van der Waals surface area contributed by atoms with Crippen LogP contribution in [-0.2, 0) is 29.0 Å². The van der Waals surface area contributed by atoms with Crippen molar-refractivity contribution in [3.05, 3.63) is 35.0 Å². The summed E-state index contributed by atoms with van der Waals surface area (Å²) in [4.78, 5) is 16.9. The Bertz CT molecular complexity index is 1170. The van der Waals surface area contributed by atoms with Crippen molar-refractivity contribution in [2.75, 3.05) is 5.32 Å². The van der Waals surface area contributed by atoms with Crippen LogP contribution in [0.4, 0.5) is 10.5 Å². The molecule has 0 radical (unpaired) electrons. The topological polar surface area (TPSA) is 135 Å². The van der Waals surface area contributed by atoms with Gasteiger partial charge in [-0.3, -0.25) is 4.68 Å². The first-order chi connectivity index (χ1) is 13.0. The maximum atomic E-state index is 12.7. The van der Waals surface area contributed by atoms with Crippen molar-refractivity contribution < 1.29 is 15.5 Å². The maximum absolute atomic E-state index is 12.7. The van der Waals surface area contributed by atoms with Crippen molar-refractivity contribution in [3.8, 4) is 0 Å². The van der Waals surface area contributed by atoms with Gasteiger partial charge in [-0.2, -0.15) is 5.10 Å². The van der Waals surface area contributed by atoms with E-state index >= 15 is 0 Å². The highest BCUT2D eigenvalue weighted by molar-refractivity contribution is 7.93. The Hall–Kier alpha value is -2.34. The molecule has 0 aliphatic carbocycles. The number of nitrogens with zero attached hydrogens (tertiary/aromatic N) is 4. The molecule has 11 heteroatoms. The molecule has 0 saturated heterocycles. The number of fused-ring (bicyclic) bond motifs is 1. The number of rotatable bonds is 4. The van der Waals surface area contributed by atoms with Crippen molar-refractivity contribution in [1.82, 2.24) is 14.8 Å². The molecule has 2 aromatic heterocycles. The van der Waals surface area contributed by atoms with E-state index < -0.39 is 21.5 Å². The van der Waals surface area contributed by atoms with E-state index in [4.69, 9.17) is 5.14 Å². The van der Waals surface area contributed by atoms with Gasteiger partial charge in [-0.15, -0.1) is 15.7 Å². The molecule has 0 aliphatic rings. The number of nitrogens with one attached hydrogen (secondary N) is 1. The number of aromatic nitrogens is 3. The number of amides is 2. The van der Waals surface area contributed by atoms with Gasteiger partial charge in [-0.05, 0) is 25.8 Å². The van der Waals surface area contributed by atoms with Gasteiger partial charge in [-0.1, -0.05) is 19.1 Å². The normalized spacial score (nSPS) is 14.1. The summed E-state index contributed by atoms with van der Waals surface area (Å²) in [6, 6.07) is 2.98. The van der Waals surface area contributed by atoms with Gasteiger partial charge in [0.1, 0.15) is 5.52 Å². The fraction of sp³-hybridized carbons (Fsp3) is 0.353. The van der Waals surface area contributed by atoms with Crippen LogP contribution >= 0.6 is 11.3 Å². The van der Waals surface area contributed by atoms with E-state index in [2.05, 4.69) is 19.8 Å². The van der Waals surface area contributed by atoms with Crippen LogP contribution < -0.4 is 10.5 Å². The molecule has 28 heavy (non-hydrogen) atoms. The first-order valence-corrected chi connectivity index (χ1v) is 10.9. The van der Waals surface area contributed by atoms with E-state index in [9.17, 15) is 14.1 Å². The average molecular weight is 425 g/mol. The zero-order valence-corrected chi connectivity index (χ0v) is 17.6. The number of aryl methyl sites for hydroxylation is 2. The van der Waals surface area contributed by atoms with Crippen molar-refractivity contribution in [2.45, 2.75) is 37.1 Å². The van der Waals surface area contributed by atoms with E-state index in [-0.39, 0.29) is 5.77 Å². The van der Waals surface area contributed by atoms with Crippen LogP contribution in [-0.4, -0.2) is 30.1 Å². The van der Waals surface area contributed by atoms with Gasteiger partial charge in [-0.25, -0.2) is 19.1 Å². The second-order valence-electron chi connectivity index (χ2n) is 6.83. The second kappa shape index (κ2) is 7.24. The minimum atomic E-state index is -3.55. The Labute approximate surface area is 168 Å². The largest absolute Gasteiger partial charge is 0.385 e. The van der Waals surface area contributed by atoms with Crippen molar-refractivity contribution in [3.63, 3.8) is 0 Å². The lowest BCUT2D eigenvalue weighted by atomic mass is 10.1. The summed E-state index contributed by atoms with van der Waals surface area (Å²) in [7, 11) is -1.76. The highest BCUT2D eigenvalue weighted by atomic mass is 32.2. The van der Waals surface area contributed by atoms with Gasteiger partial charge in [0.15, 0.2) is 9.92 Å².